The Bertz CT molecular complexity index is 320. The third kappa shape index (κ3) is 2.88. The van der Waals surface area contributed by atoms with Gasteiger partial charge in [0.1, 0.15) is 5.78 Å². The van der Waals surface area contributed by atoms with Crippen molar-refractivity contribution < 1.29 is 4.79 Å². The van der Waals surface area contributed by atoms with E-state index in [-0.39, 0.29) is 0 Å². The first kappa shape index (κ1) is 10.8. The number of aryl methyl sites for hydroxylation is 1. The van der Waals surface area contributed by atoms with E-state index in [4.69, 9.17) is 0 Å². The highest BCUT2D eigenvalue weighted by atomic mass is 32.1. The van der Waals surface area contributed by atoms with Crippen LogP contribution in [0.3, 0.4) is 0 Å². The lowest BCUT2D eigenvalue weighted by Crippen LogP contribution is -2.23. The predicted octanol–water partition coefficient (Wildman–Crippen LogP) is 3.08. The van der Waals surface area contributed by atoms with Crippen molar-refractivity contribution in [3.05, 3.63) is 17.1 Å². The molecule has 0 aromatic carbocycles. The lowest BCUT2D eigenvalue weighted by Gasteiger charge is -2.27. The monoisotopic (exact) mass is 223 g/mol. The van der Waals surface area contributed by atoms with Gasteiger partial charge < -0.3 is 0 Å². The van der Waals surface area contributed by atoms with Crippen molar-refractivity contribution in [1.29, 1.82) is 0 Å². The first-order chi connectivity index (χ1) is 7.25. The van der Waals surface area contributed by atoms with Crippen LogP contribution in [0.4, 0.5) is 0 Å². The molecule has 0 radical (unpaired) electrons. The maximum absolute atomic E-state index is 11.4. The molecular formula is C12H17NOS. The zero-order chi connectivity index (χ0) is 10.7. The SMILES string of the molecule is CC1CCC(=O)CC1CCc1ccns1. The average molecular weight is 223 g/mol. The molecule has 0 spiro atoms. The summed E-state index contributed by atoms with van der Waals surface area (Å²) in [6.07, 6.45) is 6.79. The van der Waals surface area contributed by atoms with Crippen molar-refractivity contribution in [3.63, 3.8) is 0 Å². The summed E-state index contributed by atoms with van der Waals surface area (Å²) in [4.78, 5) is 12.7. The molecule has 2 rings (SSSR count). The minimum atomic E-state index is 0.461. The zero-order valence-electron chi connectivity index (χ0n) is 9.11. The molecule has 0 amide bonds. The second-order valence-corrected chi connectivity index (χ2v) is 5.45. The van der Waals surface area contributed by atoms with Crippen molar-refractivity contribution in [2.24, 2.45) is 11.8 Å². The van der Waals surface area contributed by atoms with Crippen LogP contribution >= 0.6 is 11.5 Å². The predicted molar refractivity (Wildman–Crippen MR) is 61.9 cm³/mol. The smallest absolute Gasteiger partial charge is 0.133 e. The second-order valence-electron chi connectivity index (χ2n) is 4.54. The van der Waals surface area contributed by atoms with Crippen LogP contribution in [0.15, 0.2) is 12.3 Å². The molecule has 1 aromatic heterocycles. The highest BCUT2D eigenvalue weighted by Gasteiger charge is 2.25. The number of carbonyl (C=O) groups excluding carboxylic acids is 1. The minimum absolute atomic E-state index is 0.461. The number of hydrogen-bond donors (Lipinski definition) is 0. The number of Topliss-reactive ketones (excluding diaryl/α,β-unsaturated/α-hetero) is 1. The molecule has 82 valence electrons. The first-order valence-corrected chi connectivity index (χ1v) is 6.44. The molecule has 2 atom stereocenters. The molecule has 1 aliphatic rings. The summed E-state index contributed by atoms with van der Waals surface area (Å²) in [5, 5.41) is 0. The number of carbonyl (C=O) groups is 1. The summed E-state index contributed by atoms with van der Waals surface area (Å²) >= 11 is 1.58. The van der Waals surface area contributed by atoms with Gasteiger partial charge in [0.2, 0.25) is 0 Å². The summed E-state index contributed by atoms with van der Waals surface area (Å²) in [5.41, 5.74) is 0. The lowest BCUT2D eigenvalue weighted by atomic mass is 9.77. The molecular weight excluding hydrogens is 206 g/mol. The minimum Gasteiger partial charge on any atom is -0.300 e. The Morgan fingerprint density at radius 3 is 3.20 bits per heavy atom. The zero-order valence-corrected chi connectivity index (χ0v) is 9.93. The van der Waals surface area contributed by atoms with Gasteiger partial charge in [-0.1, -0.05) is 6.92 Å². The highest BCUT2D eigenvalue weighted by molar-refractivity contribution is 7.05. The van der Waals surface area contributed by atoms with Crippen LogP contribution in [0.5, 0.6) is 0 Å². The standard InChI is InChI=1S/C12H17NOS/c1-9-2-4-11(14)8-10(9)3-5-12-6-7-13-15-12/h6-7,9-10H,2-5,8H2,1H3. The van der Waals surface area contributed by atoms with Gasteiger partial charge in [0.05, 0.1) is 0 Å². The largest absolute Gasteiger partial charge is 0.300 e. The number of nitrogens with zero attached hydrogens (tertiary/aromatic N) is 1. The number of rotatable bonds is 3. The van der Waals surface area contributed by atoms with Crippen molar-refractivity contribution in [3.8, 4) is 0 Å². The Kier molecular flexibility index (Phi) is 3.52. The van der Waals surface area contributed by atoms with Gasteiger partial charge >= 0.3 is 0 Å². The summed E-state index contributed by atoms with van der Waals surface area (Å²) in [5.74, 6) is 1.78. The Morgan fingerprint density at radius 2 is 2.47 bits per heavy atom. The lowest BCUT2D eigenvalue weighted by molar-refractivity contribution is -0.122. The molecule has 15 heavy (non-hydrogen) atoms. The molecule has 2 nitrogen and oxygen atoms in total. The Balaban J connectivity index is 1.85. The van der Waals surface area contributed by atoms with E-state index < -0.39 is 0 Å². The van der Waals surface area contributed by atoms with Gasteiger partial charge in [-0.3, -0.25) is 4.79 Å². The van der Waals surface area contributed by atoms with Crippen LogP contribution in [-0.2, 0) is 11.2 Å². The van der Waals surface area contributed by atoms with Crippen molar-refractivity contribution >= 4 is 17.3 Å². The average Bonchev–Trinajstić information content (AvgIpc) is 2.72. The van der Waals surface area contributed by atoms with Gasteiger partial charge in [-0.25, -0.2) is 4.37 Å². The van der Waals surface area contributed by atoms with Crippen molar-refractivity contribution in [2.75, 3.05) is 0 Å². The molecule has 0 N–H and O–H groups in total. The van der Waals surface area contributed by atoms with E-state index in [9.17, 15) is 4.79 Å². The quantitative estimate of drug-likeness (QED) is 0.788. The van der Waals surface area contributed by atoms with Gasteiger partial charge in [0.15, 0.2) is 0 Å². The second kappa shape index (κ2) is 4.88. The van der Waals surface area contributed by atoms with Crippen LogP contribution in [0.25, 0.3) is 0 Å². The van der Waals surface area contributed by atoms with E-state index in [1.165, 1.54) is 4.88 Å². The molecule has 1 fully saturated rings. The summed E-state index contributed by atoms with van der Waals surface area (Å²) in [6, 6.07) is 2.08. The van der Waals surface area contributed by atoms with Crippen molar-refractivity contribution in [1.82, 2.24) is 4.37 Å². The first-order valence-electron chi connectivity index (χ1n) is 5.67. The summed E-state index contributed by atoms with van der Waals surface area (Å²) in [6.45, 7) is 2.28. The van der Waals surface area contributed by atoms with Crippen molar-refractivity contribution in [2.45, 2.75) is 39.0 Å². The van der Waals surface area contributed by atoms with Gasteiger partial charge in [-0.05, 0) is 48.7 Å². The maximum atomic E-state index is 11.4. The van der Waals surface area contributed by atoms with E-state index in [1.54, 1.807) is 11.5 Å². The molecule has 0 aliphatic heterocycles. The molecule has 1 saturated carbocycles. The molecule has 0 bridgehead atoms. The molecule has 2 unspecified atom stereocenters. The fraction of sp³-hybridized carbons (Fsp3) is 0.667. The van der Waals surface area contributed by atoms with Crippen LogP contribution in [0, 0.1) is 11.8 Å². The van der Waals surface area contributed by atoms with E-state index >= 15 is 0 Å². The van der Waals surface area contributed by atoms with Gasteiger partial charge in [-0.15, -0.1) is 0 Å². The van der Waals surface area contributed by atoms with Crippen LogP contribution in [0.1, 0.15) is 37.5 Å². The summed E-state index contributed by atoms with van der Waals surface area (Å²) < 4.78 is 4.09. The molecule has 3 heteroatoms. The van der Waals surface area contributed by atoms with E-state index in [1.807, 2.05) is 6.20 Å². The molecule has 1 aliphatic carbocycles. The van der Waals surface area contributed by atoms with Crippen LogP contribution in [0.2, 0.25) is 0 Å². The van der Waals surface area contributed by atoms with Gasteiger partial charge in [0, 0.05) is 23.9 Å². The Morgan fingerprint density at radius 1 is 1.60 bits per heavy atom. The van der Waals surface area contributed by atoms with E-state index in [2.05, 4.69) is 17.4 Å². The number of hydrogen-bond acceptors (Lipinski definition) is 3. The third-order valence-corrected chi connectivity index (χ3v) is 4.23. The van der Waals surface area contributed by atoms with Gasteiger partial charge in [0.25, 0.3) is 0 Å². The van der Waals surface area contributed by atoms with Gasteiger partial charge in [-0.2, -0.15) is 0 Å². The molecule has 0 saturated heterocycles. The number of aromatic nitrogens is 1. The Labute approximate surface area is 94.9 Å². The van der Waals surface area contributed by atoms with E-state index in [0.717, 1.165) is 38.0 Å². The van der Waals surface area contributed by atoms with E-state index in [0.29, 0.717) is 11.7 Å². The topological polar surface area (TPSA) is 30.0 Å². The van der Waals surface area contributed by atoms with Crippen LogP contribution in [-0.4, -0.2) is 10.2 Å². The normalized spacial score (nSPS) is 26.9. The fourth-order valence-corrected chi connectivity index (χ4v) is 2.89. The third-order valence-electron chi connectivity index (χ3n) is 3.43. The van der Waals surface area contributed by atoms with Crippen LogP contribution < -0.4 is 0 Å². The maximum Gasteiger partial charge on any atom is 0.133 e. The molecule has 1 heterocycles. The molecule has 1 aromatic rings. The fourth-order valence-electron chi connectivity index (χ4n) is 2.31. The Hall–Kier alpha value is -0.700. The summed E-state index contributed by atoms with van der Waals surface area (Å²) in [7, 11) is 0. The number of ketones is 1. The highest BCUT2D eigenvalue weighted by Crippen LogP contribution is 2.31.